The van der Waals surface area contributed by atoms with Gasteiger partial charge in [0.2, 0.25) is 15.9 Å². The van der Waals surface area contributed by atoms with Crippen molar-refractivity contribution in [3.05, 3.63) is 65.5 Å². The summed E-state index contributed by atoms with van der Waals surface area (Å²) < 4.78 is 39.7. The fraction of sp³-hybridized carbons (Fsp3) is 0.350. The number of rotatable bonds is 8. The van der Waals surface area contributed by atoms with E-state index in [1.165, 1.54) is 25.2 Å². The van der Waals surface area contributed by atoms with Crippen LogP contribution in [0.4, 0.5) is 4.39 Å². The van der Waals surface area contributed by atoms with Crippen molar-refractivity contribution in [3.63, 3.8) is 0 Å². The van der Waals surface area contributed by atoms with Gasteiger partial charge in [-0.15, -0.1) is 0 Å². The van der Waals surface area contributed by atoms with E-state index >= 15 is 0 Å². The molecule has 0 unspecified atom stereocenters. The average Bonchev–Trinajstić information content (AvgIpc) is 3.51. The molecule has 1 amide bonds. The SMILES string of the molecule is CNS(=O)(=O)c1ccc(CCC(=O)N(Cc2ccccc2F)C2CC2)cc1. The van der Waals surface area contributed by atoms with Crippen molar-refractivity contribution < 1.29 is 17.6 Å². The van der Waals surface area contributed by atoms with E-state index in [0.717, 1.165) is 18.4 Å². The smallest absolute Gasteiger partial charge is 0.240 e. The lowest BCUT2D eigenvalue weighted by molar-refractivity contribution is -0.132. The maximum absolute atomic E-state index is 13.9. The first-order valence-corrected chi connectivity index (χ1v) is 10.4. The van der Waals surface area contributed by atoms with E-state index in [-0.39, 0.29) is 29.2 Å². The molecule has 2 aromatic carbocycles. The highest BCUT2D eigenvalue weighted by atomic mass is 32.2. The zero-order valence-corrected chi connectivity index (χ0v) is 16.0. The first-order valence-electron chi connectivity index (χ1n) is 8.96. The summed E-state index contributed by atoms with van der Waals surface area (Å²) >= 11 is 0. The second-order valence-electron chi connectivity index (χ2n) is 6.70. The monoisotopic (exact) mass is 390 g/mol. The molecule has 144 valence electrons. The molecule has 0 spiro atoms. The number of carbonyl (C=O) groups excluding carboxylic acids is 1. The summed E-state index contributed by atoms with van der Waals surface area (Å²) in [6, 6.07) is 13.2. The van der Waals surface area contributed by atoms with Gasteiger partial charge in [0.15, 0.2) is 0 Å². The fourth-order valence-electron chi connectivity index (χ4n) is 2.97. The maximum atomic E-state index is 13.9. The Morgan fingerprint density at radius 3 is 2.41 bits per heavy atom. The Bertz CT molecular complexity index is 909. The molecule has 1 fully saturated rings. The highest BCUT2D eigenvalue weighted by Gasteiger charge is 2.32. The third kappa shape index (κ3) is 4.93. The van der Waals surface area contributed by atoms with Crippen molar-refractivity contribution in [1.82, 2.24) is 9.62 Å². The molecule has 0 heterocycles. The van der Waals surface area contributed by atoms with Crippen LogP contribution in [0.15, 0.2) is 53.4 Å². The molecule has 0 bridgehead atoms. The van der Waals surface area contributed by atoms with Crippen LogP contribution in [0.25, 0.3) is 0 Å². The second kappa shape index (κ2) is 8.19. The topological polar surface area (TPSA) is 66.5 Å². The van der Waals surface area contributed by atoms with Gasteiger partial charge < -0.3 is 4.90 Å². The first-order chi connectivity index (χ1) is 12.9. The Morgan fingerprint density at radius 2 is 1.81 bits per heavy atom. The lowest BCUT2D eigenvalue weighted by atomic mass is 10.1. The summed E-state index contributed by atoms with van der Waals surface area (Å²) in [5, 5.41) is 0. The van der Waals surface area contributed by atoms with Gasteiger partial charge in [0.1, 0.15) is 5.82 Å². The standard InChI is InChI=1S/C20H23FN2O3S/c1-22-27(25,26)18-11-6-15(7-12-18)8-13-20(24)23(17-9-10-17)14-16-4-2-3-5-19(16)21/h2-7,11-12,17,22H,8-10,13-14H2,1H3. The van der Waals surface area contributed by atoms with Gasteiger partial charge >= 0.3 is 0 Å². The number of halogens is 1. The molecule has 2 aromatic rings. The molecule has 0 aliphatic heterocycles. The molecule has 27 heavy (non-hydrogen) atoms. The number of hydrogen-bond acceptors (Lipinski definition) is 3. The van der Waals surface area contributed by atoms with Crippen molar-refractivity contribution in [1.29, 1.82) is 0 Å². The lowest BCUT2D eigenvalue weighted by Gasteiger charge is -2.23. The van der Waals surface area contributed by atoms with Crippen molar-refractivity contribution in [3.8, 4) is 0 Å². The van der Waals surface area contributed by atoms with Gasteiger partial charge in [0.25, 0.3) is 0 Å². The Balaban J connectivity index is 1.62. The van der Waals surface area contributed by atoms with Crippen molar-refractivity contribution in [2.45, 2.75) is 43.2 Å². The number of hydrogen-bond donors (Lipinski definition) is 1. The van der Waals surface area contributed by atoms with E-state index in [4.69, 9.17) is 0 Å². The summed E-state index contributed by atoms with van der Waals surface area (Å²) in [6.45, 7) is 0.287. The molecule has 1 aliphatic rings. The highest BCUT2D eigenvalue weighted by Crippen LogP contribution is 2.29. The Kier molecular flexibility index (Phi) is 5.92. The first kappa shape index (κ1) is 19.5. The molecule has 0 aromatic heterocycles. The predicted octanol–water partition coefficient (Wildman–Crippen LogP) is 2.86. The van der Waals surface area contributed by atoms with E-state index in [2.05, 4.69) is 4.72 Å². The van der Waals surface area contributed by atoms with Crippen LogP contribution in [-0.2, 0) is 27.8 Å². The molecular formula is C20H23FN2O3S. The van der Waals surface area contributed by atoms with E-state index in [9.17, 15) is 17.6 Å². The molecule has 3 rings (SSSR count). The summed E-state index contributed by atoms with van der Waals surface area (Å²) in [5.74, 6) is -0.301. The van der Waals surface area contributed by atoms with Crippen molar-refractivity contribution >= 4 is 15.9 Å². The van der Waals surface area contributed by atoms with Crippen LogP contribution < -0.4 is 4.72 Å². The summed E-state index contributed by atoms with van der Waals surface area (Å²) in [4.78, 5) is 14.6. The number of aryl methyl sites for hydroxylation is 1. The number of carbonyl (C=O) groups is 1. The van der Waals surface area contributed by atoms with Crippen LogP contribution in [0, 0.1) is 5.82 Å². The van der Waals surface area contributed by atoms with Gasteiger partial charge in [-0.2, -0.15) is 0 Å². The maximum Gasteiger partial charge on any atom is 0.240 e. The lowest BCUT2D eigenvalue weighted by Crippen LogP contribution is -2.33. The summed E-state index contributed by atoms with van der Waals surface area (Å²) in [7, 11) is -2.10. The van der Waals surface area contributed by atoms with Crippen molar-refractivity contribution in [2.24, 2.45) is 0 Å². The molecule has 0 atom stereocenters. The van der Waals surface area contributed by atoms with Crippen molar-refractivity contribution in [2.75, 3.05) is 7.05 Å². The largest absolute Gasteiger partial charge is 0.335 e. The predicted molar refractivity (Wildman–Crippen MR) is 101 cm³/mol. The number of benzene rings is 2. The van der Waals surface area contributed by atoms with Gasteiger partial charge in [-0.25, -0.2) is 17.5 Å². The number of nitrogens with one attached hydrogen (secondary N) is 1. The summed E-state index contributed by atoms with van der Waals surface area (Å²) in [6.07, 6.45) is 2.73. The fourth-order valence-corrected chi connectivity index (χ4v) is 3.70. The van der Waals surface area contributed by atoms with Gasteiger partial charge in [0, 0.05) is 24.6 Å². The van der Waals surface area contributed by atoms with Gasteiger partial charge in [0.05, 0.1) is 4.90 Å². The van der Waals surface area contributed by atoms with Crippen LogP contribution in [0.2, 0.25) is 0 Å². The van der Waals surface area contributed by atoms with Crippen LogP contribution in [0.3, 0.4) is 0 Å². The number of sulfonamides is 1. The molecule has 1 N–H and O–H groups in total. The van der Waals surface area contributed by atoms with Crippen LogP contribution >= 0.6 is 0 Å². The molecule has 5 nitrogen and oxygen atoms in total. The number of nitrogens with zero attached hydrogens (tertiary/aromatic N) is 1. The second-order valence-corrected chi connectivity index (χ2v) is 8.58. The molecule has 1 saturated carbocycles. The van der Waals surface area contributed by atoms with E-state index in [1.54, 1.807) is 35.2 Å². The van der Waals surface area contributed by atoms with Gasteiger partial charge in [-0.05, 0) is 50.1 Å². The minimum absolute atomic E-state index is 0.00678. The zero-order chi connectivity index (χ0) is 19.4. The Labute approximate surface area is 159 Å². The minimum Gasteiger partial charge on any atom is -0.335 e. The van der Waals surface area contributed by atoms with Gasteiger partial charge in [-0.1, -0.05) is 30.3 Å². The third-order valence-electron chi connectivity index (χ3n) is 4.74. The molecule has 1 aliphatic carbocycles. The molecular weight excluding hydrogens is 367 g/mol. The summed E-state index contributed by atoms with van der Waals surface area (Å²) in [5.41, 5.74) is 1.42. The minimum atomic E-state index is -3.46. The number of amides is 1. The molecule has 0 saturated heterocycles. The quantitative estimate of drug-likeness (QED) is 0.754. The Hall–Kier alpha value is -2.25. The van der Waals surface area contributed by atoms with Crippen LogP contribution in [0.5, 0.6) is 0 Å². The zero-order valence-electron chi connectivity index (χ0n) is 15.2. The van der Waals surface area contributed by atoms with E-state index < -0.39 is 10.0 Å². The highest BCUT2D eigenvalue weighted by molar-refractivity contribution is 7.89. The molecule has 7 heteroatoms. The van der Waals surface area contributed by atoms with Gasteiger partial charge in [-0.3, -0.25) is 4.79 Å². The van der Waals surface area contributed by atoms with E-state index in [0.29, 0.717) is 18.4 Å². The third-order valence-corrected chi connectivity index (χ3v) is 6.17. The average molecular weight is 390 g/mol. The normalized spacial score (nSPS) is 14.1. The van der Waals surface area contributed by atoms with Crippen LogP contribution in [0.1, 0.15) is 30.4 Å². The molecule has 0 radical (unpaired) electrons. The van der Waals surface area contributed by atoms with E-state index in [1.807, 2.05) is 0 Å². The Morgan fingerprint density at radius 1 is 1.15 bits per heavy atom. The van der Waals surface area contributed by atoms with Crippen LogP contribution in [-0.4, -0.2) is 32.3 Å².